The van der Waals surface area contributed by atoms with Crippen LogP contribution in [-0.2, 0) is 9.53 Å². The summed E-state index contributed by atoms with van der Waals surface area (Å²) < 4.78 is 10.2. The monoisotopic (exact) mass is 313 g/mol. The summed E-state index contributed by atoms with van der Waals surface area (Å²) in [4.78, 5) is 23.5. The van der Waals surface area contributed by atoms with Gasteiger partial charge >= 0.3 is 5.97 Å². The summed E-state index contributed by atoms with van der Waals surface area (Å²) >= 11 is 0. The number of esters is 1. The molecule has 0 aliphatic rings. The molecular weight excluding hydrogens is 294 g/mol. The van der Waals surface area contributed by atoms with E-state index in [-0.39, 0.29) is 5.91 Å². The van der Waals surface area contributed by atoms with Gasteiger partial charge in [0.2, 0.25) is 0 Å². The molecule has 5 heteroatoms. The van der Waals surface area contributed by atoms with Crippen molar-refractivity contribution in [1.29, 1.82) is 0 Å². The number of aryl methyl sites for hydroxylation is 1. The Hall–Kier alpha value is -2.82. The third-order valence-electron chi connectivity index (χ3n) is 3.24. The number of amides is 1. The summed E-state index contributed by atoms with van der Waals surface area (Å²) in [7, 11) is 1.32. The van der Waals surface area contributed by atoms with E-state index in [2.05, 4.69) is 10.1 Å². The smallest absolute Gasteiger partial charge is 0.337 e. The van der Waals surface area contributed by atoms with Crippen LogP contribution < -0.4 is 10.1 Å². The highest BCUT2D eigenvalue weighted by Gasteiger charge is 2.15. The van der Waals surface area contributed by atoms with Crippen molar-refractivity contribution in [1.82, 2.24) is 0 Å². The van der Waals surface area contributed by atoms with Crippen LogP contribution in [0.2, 0.25) is 0 Å². The van der Waals surface area contributed by atoms with Gasteiger partial charge in [-0.3, -0.25) is 4.79 Å². The molecule has 0 radical (unpaired) electrons. The van der Waals surface area contributed by atoms with Gasteiger partial charge in [-0.25, -0.2) is 4.79 Å². The Kier molecular flexibility index (Phi) is 5.36. The number of rotatable bonds is 5. The highest BCUT2D eigenvalue weighted by molar-refractivity contribution is 5.94. The van der Waals surface area contributed by atoms with E-state index >= 15 is 0 Å². The molecule has 23 heavy (non-hydrogen) atoms. The number of carbonyl (C=O) groups is 2. The van der Waals surface area contributed by atoms with Crippen molar-refractivity contribution < 1.29 is 19.1 Å². The van der Waals surface area contributed by atoms with Gasteiger partial charge in [-0.1, -0.05) is 12.1 Å². The second-order valence-electron chi connectivity index (χ2n) is 5.13. The lowest BCUT2D eigenvalue weighted by atomic mass is 10.2. The van der Waals surface area contributed by atoms with Crippen molar-refractivity contribution >= 4 is 17.6 Å². The summed E-state index contributed by atoms with van der Waals surface area (Å²) in [5.74, 6) is -0.154. The Bertz CT molecular complexity index is 694. The molecule has 0 aliphatic carbocycles. The molecule has 0 unspecified atom stereocenters. The molecule has 0 aliphatic heterocycles. The molecule has 0 saturated carbocycles. The first-order valence-corrected chi connectivity index (χ1v) is 7.22. The Balaban J connectivity index is 1.96. The van der Waals surface area contributed by atoms with E-state index in [9.17, 15) is 9.59 Å². The normalized spacial score (nSPS) is 11.4. The highest BCUT2D eigenvalue weighted by Crippen LogP contribution is 2.16. The van der Waals surface area contributed by atoms with Crippen LogP contribution in [0.5, 0.6) is 5.75 Å². The summed E-state index contributed by atoms with van der Waals surface area (Å²) in [5, 5.41) is 2.80. The molecule has 2 aromatic carbocycles. The molecule has 1 N–H and O–H groups in total. The number of anilines is 1. The van der Waals surface area contributed by atoms with E-state index in [1.165, 1.54) is 7.11 Å². The average Bonchev–Trinajstić information content (AvgIpc) is 2.54. The van der Waals surface area contributed by atoms with E-state index in [0.717, 1.165) is 11.3 Å². The Labute approximate surface area is 135 Å². The molecule has 0 saturated heterocycles. The minimum Gasteiger partial charge on any atom is -0.481 e. The quantitative estimate of drug-likeness (QED) is 0.861. The molecule has 0 spiro atoms. The van der Waals surface area contributed by atoms with Crippen LogP contribution in [0, 0.1) is 6.92 Å². The maximum absolute atomic E-state index is 12.1. The van der Waals surface area contributed by atoms with Gasteiger partial charge in [0.05, 0.1) is 12.7 Å². The number of hydrogen-bond acceptors (Lipinski definition) is 4. The number of carbonyl (C=O) groups excluding carboxylic acids is 2. The minimum absolute atomic E-state index is 0.243. The molecule has 0 heterocycles. The highest BCUT2D eigenvalue weighted by atomic mass is 16.5. The number of nitrogens with one attached hydrogen (secondary N) is 1. The van der Waals surface area contributed by atoms with Gasteiger partial charge in [0.15, 0.2) is 6.10 Å². The van der Waals surface area contributed by atoms with Crippen LogP contribution in [0.3, 0.4) is 0 Å². The summed E-state index contributed by atoms with van der Waals surface area (Å²) in [5.41, 5.74) is 2.22. The van der Waals surface area contributed by atoms with Crippen molar-refractivity contribution in [3.8, 4) is 5.75 Å². The number of methoxy groups -OCH3 is 1. The van der Waals surface area contributed by atoms with Gasteiger partial charge in [0, 0.05) is 5.69 Å². The zero-order valence-corrected chi connectivity index (χ0v) is 13.3. The number of ether oxygens (including phenoxy) is 2. The molecule has 0 aromatic heterocycles. The maximum Gasteiger partial charge on any atom is 0.337 e. The third-order valence-corrected chi connectivity index (χ3v) is 3.24. The van der Waals surface area contributed by atoms with Crippen molar-refractivity contribution in [3.05, 3.63) is 59.7 Å². The molecule has 0 fully saturated rings. The predicted octanol–water partition coefficient (Wildman–Crippen LogP) is 3.19. The lowest BCUT2D eigenvalue weighted by Gasteiger charge is -2.15. The molecule has 1 amide bonds. The Morgan fingerprint density at radius 3 is 2.39 bits per heavy atom. The lowest BCUT2D eigenvalue weighted by molar-refractivity contribution is -0.122. The fourth-order valence-corrected chi connectivity index (χ4v) is 2.01. The van der Waals surface area contributed by atoms with Crippen LogP contribution in [-0.4, -0.2) is 25.1 Å². The van der Waals surface area contributed by atoms with Gasteiger partial charge < -0.3 is 14.8 Å². The van der Waals surface area contributed by atoms with Gasteiger partial charge in [-0.15, -0.1) is 0 Å². The summed E-state index contributed by atoms with van der Waals surface area (Å²) in [6, 6.07) is 14.0. The zero-order chi connectivity index (χ0) is 16.8. The molecular formula is C18H19NO4. The predicted molar refractivity (Wildman–Crippen MR) is 87.7 cm³/mol. The van der Waals surface area contributed by atoms with Crippen molar-refractivity contribution in [2.24, 2.45) is 0 Å². The van der Waals surface area contributed by atoms with Gasteiger partial charge in [0.1, 0.15) is 5.75 Å². The maximum atomic E-state index is 12.1. The van der Waals surface area contributed by atoms with Crippen LogP contribution >= 0.6 is 0 Å². The second kappa shape index (κ2) is 7.45. The van der Waals surface area contributed by atoms with Crippen molar-refractivity contribution in [2.45, 2.75) is 20.0 Å². The molecule has 0 bridgehead atoms. The first-order chi connectivity index (χ1) is 11.0. The SMILES string of the molecule is COC(=O)c1ccc(O[C@@H](C)C(=O)Nc2cccc(C)c2)cc1. The average molecular weight is 313 g/mol. The van der Waals surface area contributed by atoms with Crippen LogP contribution in [0.4, 0.5) is 5.69 Å². The van der Waals surface area contributed by atoms with Gasteiger partial charge in [-0.2, -0.15) is 0 Å². The standard InChI is InChI=1S/C18H19NO4/c1-12-5-4-6-15(11-12)19-17(20)13(2)23-16-9-7-14(8-10-16)18(21)22-3/h4-11,13H,1-3H3,(H,19,20)/t13-/m0/s1. The van der Waals surface area contributed by atoms with Gasteiger partial charge in [0.25, 0.3) is 5.91 Å². The zero-order valence-electron chi connectivity index (χ0n) is 13.3. The van der Waals surface area contributed by atoms with Crippen molar-refractivity contribution in [2.75, 3.05) is 12.4 Å². The van der Waals surface area contributed by atoms with Crippen LogP contribution in [0.25, 0.3) is 0 Å². The van der Waals surface area contributed by atoms with E-state index in [0.29, 0.717) is 11.3 Å². The Morgan fingerprint density at radius 1 is 1.09 bits per heavy atom. The fourth-order valence-electron chi connectivity index (χ4n) is 2.01. The first-order valence-electron chi connectivity index (χ1n) is 7.22. The lowest BCUT2D eigenvalue weighted by Crippen LogP contribution is -2.30. The second-order valence-corrected chi connectivity index (χ2v) is 5.13. The topological polar surface area (TPSA) is 64.6 Å². The molecule has 120 valence electrons. The summed E-state index contributed by atoms with van der Waals surface area (Å²) in [6.07, 6.45) is -0.667. The Morgan fingerprint density at radius 2 is 1.78 bits per heavy atom. The van der Waals surface area contributed by atoms with Crippen LogP contribution in [0.15, 0.2) is 48.5 Å². The largest absolute Gasteiger partial charge is 0.481 e. The first kappa shape index (κ1) is 16.5. The van der Waals surface area contributed by atoms with E-state index in [4.69, 9.17) is 4.74 Å². The molecule has 1 atom stereocenters. The van der Waals surface area contributed by atoms with E-state index in [1.807, 2.05) is 31.2 Å². The number of benzene rings is 2. The molecule has 2 aromatic rings. The molecule has 2 rings (SSSR count). The van der Waals surface area contributed by atoms with Gasteiger partial charge in [-0.05, 0) is 55.8 Å². The van der Waals surface area contributed by atoms with Crippen LogP contribution in [0.1, 0.15) is 22.8 Å². The number of hydrogen-bond donors (Lipinski definition) is 1. The molecule has 5 nitrogen and oxygen atoms in total. The summed E-state index contributed by atoms with van der Waals surface area (Å²) in [6.45, 7) is 3.62. The minimum atomic E-state index is -0.667. The fraction of sp³-hybridized carbons (Fsp3) is 0.222. The van der Waals surface area contributed by atoms with E-state index in [1.54, 1.807) is 31.2 Å². The third kappa shape index (κ3) is 4.57. The van der Waals surface area contributed by atoms with Crippen molar-refractivity contribution in [3.63, 3.8) is 0 Å². The van der Waals surface area contributed by atoms with E-state index < -0.39 is 12.1 Å².